The van der Waals surface area contributed by atoms with Crippen molar-refractivity contribution >= 4 is 5.94 Å². The number of hydrogen-bond acceptors (Lipinski definition) is 2. The minimum absolute atomic E-state index is 0.395. The molecule has 12 heavy (non-hydrogen) atoms. The minimum Gasteiger partial charge on any atom is -0.490 e. The molecule has 0 spiro atoms. The molecule has 1 unspecified atom stereocenters. The molecule has 0 fully saturated rings. The van der Waals surface area contributed by atoms with Crippen molar-refractivity contribution in [2.75, 3.05) is 7.11 Å². The van der Waals surface area contributed by atoms with Crippen LogP contribution in [0.3, 0.4) is 0 Å². The Morgan fingerprint density at radius 3 is 3.00 bits per heavy atom. The van der Waals surface area contributed by atoms with Gasteiger partial charge in [0.25, 0.3) is 0 Å². The van der Waals surface area contributed by atoms with Crippen molar-refractivity contribution in [3.05, 3.63) is 30.1 Å². The van der Waals surface area contributed by atoms with Crippen molar-refractivity contribution in [1.82, 2.24) is 0 Å². The maximum absolute atomic E-state index is 10.3. The second-order valence-corrected chi connectivity index (χ2v) is 2.74. The van der Waals surface area contributed by atoms with Crippen LogP contribution in [0.5, 0.6) is 0 Å². The van der Waals surface area contributed by atoms with Crippen LogP contribution < -0.4 is 0 Å². The van der Waals surface area contributed by atoms with Gasteiger partial charge in [-0.15, -0.1) is 0 Å². The molecule has 2 nitrogen and oxygen atoms in total. The van der Waals surface area contributed by atoms with E-state index in [1.165, 1.54) is 7.11 Å². The van der Waals surface area contributed by atoms with Gasteiger partial charge in [-0.3, -0.25) is 0 Å². The van der Waals surface area contributed by atoms with Gasteiger partial charge in [0.2, 0.25) is 0 Å². The molecule has 0 aromatic heterocycles. The van der Waals surface area contributed by atoms with Crippen molar-refractivity contribution in [3.8, 4) is 0 Å². The first-order valence-electron chi connectivity index (χ1n) is 3.98. The summed E-state index contributed by atoms with van der Waals surface area (Å²) in [5.41, 5.74) is 0. The summed E-state index contributed by atoms with van der Waals surface area (Å²) in [7, 11) is 1.50. The fourth-order valence-corrected chi connectivity index (χ4v) is 1.19. The summed E-state index contributed by atoms with van der Waals surface area (Å²) in [5, 5.41) is 0. The van der Waals surface area contributed by atoms with E-state index in [0.717, 1.165) is 6.42 Å². The Morgan fingerprint density at radius 1 is 1.67 bits per heavy atom. The highest BCUT2D eigenvalue weighted by molar-refractivity contribution is 5.49. The Balaban J connectivity index is 2.46. The van der Waals surface area contributed by atoms with Crippen molar-refractivity contribution < 1.29 is 9.53 Å². The third kappa shape index (κ3) is 2.40. The molecule has 1 aliphatic rings. The lowest BCUT2D eigenvalue weighted by atomic mass is 9.97. The molecule has 0 heterocycles. The lowest BCUT2D eigenvalue weighted by Crippen LogP contribution is -2.01. The third-order valence-electron chi connectivity index (χ3n) is 1.88. The predicted octanol–water partition coefficient (Wildman–Crippen LogP) is 1.87. The zero-order valence-electron chi connectivity index (χ0n) is 7.12. The van der Waals surface area contributed by atoms with Gasteiger partial charge in [0.05, 0.1) is 7.11 Å². The van der Waals surface area contributed by atoms with Gasteiger partial charge in [-0.1, -0.05) is 24.3 Å². The van der Waals surface area contributed by atoms with E-state index in [9.17, 15) is 4.79 Å². The molecule has 0 saturated carbocycles. The van der Waals surface area contributed by atoms with E-state index in [-0.39, 0.29) is 0 Å². The number of hydrogen-bond donors (Lipinski definition) is 0. The highest BCUT2D eigenvalue weighted by Gasteiger charge is 2.08. The molecular formula is C10H12O2. The lowest BCUT2D eigenvalue weighted by Gasteiger charge is -2.11. The Bertz CT molecular complexity index is 245. The monoisotopic (exact) mass is 164 g/mol. The first kappa shape index (κ1) is 8.82. The van der Waals surface area contributed by atoms with Crippen LogP contribution in [0.15, 0.2) is 30.1 Å². The topological polar surface area (TPSA) is 26.3 Å². The summed E-state index contributed by atoms with van der Waals surface area (Å²) >= 11 is 0. The van der Waals surface area contributed by atoms with Crippen LogP contribution in [0.4, 0.5) is 0 Å². The fourth-order valence-electron chi connectivity index (χ4n) is 1.19. The summed E-state index contributed by atoms with van der Waals surface area (Å²) in [6.07, 6.45) is 9.80. The number of rotatable bonds is 3. The van der Waals surface area contributed by atoms with E-state index < -0.39 is 0 Å². The van der Waals surface area contributed by atoms with E-state index in [4.69, 9.17) is 4.74 Å². The van der Waals surface area contributed by atoms with Crippen LogP contribution in [-0.2, 0) is 9.53 Å². The van der Waals surface area contributed by atoms with E-state index in [2.05, 4.69) is 12.2 Å². The maximum Gasteiger partial charge on any atom is 0.179 e. The van der Waals surface area contributed by atoms with E-state index in [0.29, 0.717) is 18.1 Å². The van der Waals surface area contributed by atoms with Crippen LogP contribution in [0, 0.1) is 5.92 Å². The smallest absolute Gasteiger partial charge is 0.179 e. The van der Waals surface area contributed by atoms with Gasteiger partial charge in [-0.05, 0) is 12.3 Å². The van der Waals surface area contributed by atoms with Crippen LogP contribution in [0.2, 0.25) is 0 Å². The van der Waals surface area contributed by atoms with Gasteiger partial charge in [0.15, 0.2) is 11.7 Å². The Hall–Kier alpha value is -1.27. The van der Waals surface area contributed by atoms with Crippen LogP contribution in [0.25, 0.3) is 0 Å². The fraction of sp³-hybridized carbons (Fsp3) is 0.400. The Kier molecular flexibility index (Phi) is 3.36. The number of allylic oxidation sites excluding steroid dienone is 5. The number of carbonyl (C=O) groups excluding carboxylic acids is 1. The highest BCUT2D eigenvalue weighted by atomic mass is 16.5. The van der Waals surface area contributed by atoms with E-state index in [1.807, 2.05) is 12.2 Å². The molecular weight excluding hydrogens is 152 g/mol. The third-order valence-corrected chi connectivity index (χ3v) is 1.88. The van der Waals surface area contributed by atoms with Gasteiger partial charge in [-0.2, -0.15) is 0 Å². The van der Waals surface area contributed by atoms with Gasteiger partial charge >= 0.3 is 0 Å². The summed E-state index contributed by atoms with van der Waals surface area (Å²) in [4.78, 5) is 10.3. The molecule has 0 radical (unpaired) electrons. The average molecular weight is 164 g/mol. The zero-order valence-corrected chi connectivity index (χ0v) is 7.12. The Labute approximate surface area is 72.2 Å². The van der Waals surface area contributed by atoms with Gasteiger partial charge in [-0.25, -0.2) is 4.79 Å². The molecule has 1 rings (SSSR count). The molecule has 0 aromatic carbocycles. The second kappa shape index (κ2) is 4.58. The average Bonchev–Trinajstić information content (AvgIpc) is 2.16. The minimum atomic E-state index is 0.395. The normalized spacial score (nSPS) is 20.2. The largest absolute Gasteiger partial charge is 0.490 e. The molecule has 0 saturated heterocycles. The quantitative estimate of drug-likeness (QED) is 0.470. The Morgan fingerprint density at radius 2 is 2.50 bits per heavy atom. The predicted molar refractivity (Wildman–Crippen MR) is 47.2 cm³/mol. The summed E-state index contributed by atoms with van der Waals surface area (Å²) < 4.78 is 4.84. The summed E-state index contributed by atoms with van der Waals surface area (Å²) in [6, 6.07) is 0. The molecule has 1 aliphatic carbocycles. The van der Waals surface area contributed by atoms with Crippen LogP contribution >= 0.6 is 0 Å². The van der Waals surface area contributed by atoms with E-state index >= 15 is 0 Å². The second-order valence-electron chi connectivity index (χ2n) is 2.74. The zero-order chi connectivity index (χ0) is 8.81. The lowest BCUT2D eigenvalue weighted by molar-refractivity contribution is 0.270. The summed E-state index contributed by atoms with van der Waals surface area (Å²) in [6.45, 7) is 0. The van der Waals surface area contributed by atoms with Crippen molar-refractivity contribution in [1.29, 1.82) is 0 Å². The van der Waals surface area contributed by atoms with Crippen LogP contribution in [0.1, 0.15) is 12.8 Å². The van der Waals surface area contributed by atoms with Gasteiger partial charge < -0.3 is 4.74 Å². The van der Waals surface area contributed by atoms with Crippen molar-refractivity contribution in [2.45, 2.75) is 12.8 Å². The standard InChI is InChI=1S/C10H12O2/c1-12-10(8-11)7-9-5-3-2-4-6-9/h2-5,9H,6-7H2,1H3. The first-order valence-corrected chi connectivity index (χ1v) is 3.98. The van der Waals surface area contributed by atoms with Gasteiger partial charge in [0.1, 0.15) is 0 Å². The molecule has 0 aromatic rings. The molecule has 2 heteroatoms. The highest BCUT2D eigenvalue weighted by Crippen LogP contribution is 2.18. The molecule has 1 atom stereocenters. The number of methoxy groups -OCH3 is 1. The van der Waals surface area contributed by atoms with Crippen molar-refractivity contribution in [2.24, 2.45) is 5.92 Å². The molecule has 0 bridgehead atoms. The number of ether oxygens (including phenoxy) is 1. The molecule has 64 valence electrons. The molecule has 0 N–H and O–H groups in total. The van der Waals surface area contributed by atoms with E-state index in [1.54, 1.807) is 5.94 Å². The SMILES string of the molecule is COC(=C=O)CC1C=CC=CC1. The van der Waals surface area contributed by atoms with Crippen molar-refractivity contribution in [3.63, 3.8) is 0 Å². The molecule has 0 aliphatic heterocycles. The van der Waals surface area contributed by atoms with Crippen LogP contribution in [-0.4, -0.2) is 13.1 Å². The molecule has 0 amide bonds. The van der Waals surface area contributed by atoms with Gasteiger partial charge in [0, 0.05) is 6.42 Å². The summed E-state index contributed by atoms with van der Waals surface area (Å²) in [5.74, 6) is 2.58. The maximum atomic E-state index is 10.3. The first-order chi connectivity index (χ1) is 5.86.